The van der Waals surface area contributed by atoms with E-state index in [1.807, 2.05) is 36.4 Å². The first kappa shape index (κ1) is 13.5. The Morgan fingerprint density at radius 3 is 2.89 bits per heavy atom. The summed E-state index contributed by atoms with van der Waals surface area (Å²) in [4.78, 5) is 6.64. The highest BCUT2D eigenvalue weighted by molar-refractivity contribution is 5.42. The predicted molar refractivity (Wildman–Crippen MR) is 76.8 cm³/mol. The van der Waals surface area contributed by atoms with Crippen molar-refractivity contribution in [3.8, 4) is 0 Å². The van der Waals surface area contributed by atoms with Gasteiger partial charge in [0.2, 0.25) is 0 Å². The molecule has 0 fully saturated rings. The van der Waals surface area contributed by atoms with Crippen molar-refractivity contribution in [1.82, 2.24) is 19.7 Å². The van der Waals surface area contributed by atoms with E-state index in [1.165, 1.54) is 5.56 Å². The van der Waals surface area contributed by atoms with Gasteiger partial charge in [-0.25, -0.2) is 0 Å². The zero-order valence-corrected chi connectivity index (χ0v) is 11.8. The van der Waals surface area contributed by atoms with Crippen LogP contribution < -0.4 is 5.32 Å². The largest absolute Gasteiger partial charge is 0.385 e. The van der Waals surface area contributed by atoms with Crippen LogP contribution in [0.1, 0.15) is 18.2 Å². The van der Waals surface area contributed by atoms with Crippen molar-refractivity contribution in [2.45, 2.75) is 20.0 Å². The molecule has 1 N–H and O–H groups in total. The Hall–Kier alpha value is -1.88. The SMILES string of the molecule is CCNc1ccnc(CN(C)Cc2cnn(C)c2)c1. The fourth-order valence-electron chi connectivity index (χ4n) is 2.08. The van der Waals surface area contributed by atoms with E-state index in [9.17, 15) is 0 Å². The van der Waals surface area contributed by atoms with E-state index in [2.05, 4.69) is 40.3 Å². The Bertz CT molecular complexity index is 520. The molecular weight excluding hydrogens is 238 g/mol. The highest BCUT2D eigenvalue weighted by Gasteiger charge is 2.05. The normalized spacial score (nSPS) is 10.9. The van der Waals surface area contributed by atoms with E-state index in [1.54, 1.807) is 0 Å². The van der Waals surface area contributed by atoms with E-state index in [0.29, 0.717) is 0 Å². The summed E-state index contributed by atoms with van der Waals surface area (Å²) >= 11 is 0. The van der Waals surface area contributed by atoms with Crippen molar-refractivity contribution in [2.75, 3.05) is 18.9 Å². The molecule has 0 aromatic carbocycles. The summed E-state index contributed by atoms with van der Waals surface area (Å²) < 4.78 is 1.83. The third-order valence-electron chi connectivity index (χ3n) is 2.84. The van der Waals surface area contributed by atoms with E-state index >= 15 is 0 Å². The van der Waals surface area contributed by atoms with Gasteiger partial charge in [0.25, 0.3) is 0 Å². The minimum absolute atomic E-state index is 0.828. The van der Waals surface area contributed by atoms with Crippen LogP contribution in [-0.2, 0) is 20.1 Å². The van der Waals surface area contributed by atoms with Crippen molar-refractivity contribution < 1.29 is 0 Å². The molecule has 2 rings (SSSR count). The first-order valence-corrected chi connectivity index (χ1v) is 6.52. The van der Waals surface area contributed by atoms with Crippen LogP contribution in [0, 0.1) is 0 Å². The third-order valence-corrected chi connectivity index (χ3v) is 2.84. The summed E-state index contributed by atoms with van der Waals surface area (Å²) in [7, 11) is 4.03. The molecule has 0 radical (unpaired) electrons. The zero-order chi connectivity index (χ0) is 13.7. The van der Waals surface area contributed by atoms with Gasteiger partial charge in [0, 0.05) is 50.3 Å². The Morgan fingerprint density at radius 2 is 2.21 bits per heavy atom. The molecule has 0 saturated carbocycles. The fraction of sp³-hybridized carbons (Fsp3) is 0.429. The van der Waals surface area contributed by atoms with Crippen molar-refractivity contribution in [2.24, 2.45) is 7.05 Å². The molecule has 0 unspecified atom stereocenters. The lowest BCUT2D eigenvalue weighted by Crippen LogP contribution is -2.17. The molecular formula is C14H21N5. The van der Waals surface area contributed by atoms with Gasteiger partial charge >= 0.3 is 0 Å². The molecule has 0 aliphatic heterocycles. The standard InChI is InChI=1S/C14H21N5/c1-4-15-13-5-6-16-14(7-13)11-18(2)9-12-8-17-19(3)10-12/h5-8,10H,4,9,11H2,1-3H3,(H,15,16). The van der Waals surface area contributed by atoms with Crippen molar-refractivity contribution in [3.63, 3.8) is 0 Å². The number of hydrogen-bond acceptors (Lipinski definition) is 4. The highest BCUT2D eigenvalue weighted by Crippen LogP contribution is 2.10. The lowest BCUT2D eigenvalue weighted by atomic mass is 10.2. The van der Waals surface area contributed by atoms with Gasteiger partial charge in [-0.15, -0.1) is 0 Å². The van der Waals surface area contributed by atoms with Crippen molar-refractivity contribution >= 4 is 5.69 Å². The van der Waals surface area contributed by atoms with Crippen molar-refractivity contribution in [1.29, 1.82) is 0 Å². The van der Waals surface area contributed by atoms with Gasteiger partial charge in [-0.1, -0.05) is 0 Å². The molecule has 0 atom stereocenters. The van der Waals surface area contributed by atoms with E-state index in [4.69, 9.17) is 0 Å². The lowest BCUT2D eigenvalue weighted by Gasteiger charge is -2.15. The van der Waals surface area contributed by atoms with Crippen LogP contribution >= 0.6 is 0 Å². The van der Waals surface area contributed by atoms with Gasteiger partial charge < -0.3 is 5.32 Å². The molecule has 2 heterocycles. The van der Waals surface area contributed by atoms with Crippen LogP contribution in [0.4, 0.5) is 5.69 Å². The number of nitrogens with one attached hydrogen (secondary N) is 1. The smallest absolute Gasteiger partial charge is 0.0564 e. The van der Waals surface area contributed by atoms with Gasteiger partial charge in [0.15, 0.2) is 0 Å². The summed E-state index contributed by atoms with van der Waals surface area (Å²) in [5, 5.41) is 7.48. The number of anilines is 1. The van der Waals surface area contributed by atoms with Crippen molar-refractivity contribution in [3.05, 3.63) is 42.0 Å². The Morgan fingerprint density at radius 1 is 1.37 bits per heavy atom. The lowest BCUT2D eigenvalue weighted by molar-refractivity contribution is 0.315. The zero-order valence-electron chi connectivity index (χ0n) is 11.8. The number of pyridine rings is 1. The van der Waals surface area contributed by atoms with Crippen LogP contribution in [0.2, 0.25) is 0 Å². The van der Waals surface area contributed by atoms with E-state index in [0.717, 1.165) is 31.0 Å². The predicted octanol–water partition coefficient (Wildman–Crippen LogP) is 1.88. The average Bonchev–Trinajstić information content (AvgIpc) is 2.75. The molecule has 0 amide bonds. The Balaban J connectivity index is 1.94. The Kier molecular flexibility index (Phi) is 4.52. The average molecular weight is 259 g/mol. The van der Waals surface area contributed by atoms with E-state index < -0.39 is 0 Å². The number of rotatable bonds is 6. The van der Waals surface area contributed by atoms with E-state index in [-0.39, 0.29) is 0 Å². The number of hydrogen-bond donors (Lipinski definition) is 1. The maximum absolute atomic E-state index is 4.41. The van der Waals surface area contributed by atoms with Gasteiger partial charge in [0.1, 0.15) is 0 Å². The summed E-state index contributed by atoms with van der Waals surface area (Å²) in [6.07, 6.45) is 5.79. The molecule has 102 valence electrons. The molecule has 0 bridgehead atoms. The van der Waals surface area contributed by atoms with Gasteiger partial charge in [-0.05, 0) is 26.1 Å². The molecule has 0 saturated heterocycles. The number of aryl methyl sites for hydroxylation is 1. The first-order chi connectivity index (χ1) is 9.17. The summed E-state index contributed by atoms with van der Waals surface area (Å²) in [6, 6.07) is 4.09. The maximum atomic E-state index is 4.41. The summed E-state index contributed by atoms with van der Waals surface area (Å²) in [5.41, 5.74) is 3.42. The van der Waals surface area contributed by atoms with Gasteiger partial charge in [-0.3, -0.25) is 14.6 Å². The minimum Gasteiger partial charge on any atom is -0.385 e. The monoisotopic (exact) mass is 259 g/mol. The fourth-order valence-corrected chi connectivity index (χ4v) is 2.08. The van der Waals surface area contributed by atoms with Crippen LogP contribution in [-0.4, -0.2) is 33.3 Å². The topological polar surface area (TPSA) is 46.0 Å². The molecule has 5 nitrogen and oxygen atoms in total. The van der Waals surface area contributed by atoms with Gasteiger partial charge in [-0.2, -0.15) is 5.10 Å². The highest BCUT2D eigenvalue weighted by atomic mass is 15.2. The minimum atomic E-state index is 0.828. The molecule has 0 spiro atoms. The molecule has 0 aliphatic rings. The molecule has 0 aliphatic carbocycles. The molecule has 19 heavy (non-hydrogen) atoms. The second-order valence-corrected chi connectivity index (χ2v) is 4.76. The quantitative estimate of drug-likeness (QED) is 0.860. The Labute approximate surface area is 114 Å². The maximum Gasteiger partial charge on any atom is 0.0564 e. The summed E-state index contributed by atoms with van der Waals surface area (Å²) in [5.74, 6) is 0. The molecule has 5 heteroatoms. The van der Waals surface area contributed by atoms with Gasteiger partial charge in [0.05, 0.1) is 11.9 Å². The molecule has 2 aromatic heterocycles. The third kappa shape index (κ3) is 4.06. The van der Waals surface area contributed by atoms with Crippen LogP contribution in [0.5, 0.6) is 0 Å². The molecule has 2 aromatic rings. The second kappa shape index (κ2) is 6.33. The summed E-state index contributed by atoms with van der Waals surface area (Å²) in [6.45, 7) is 4.72. The number of aromatic nitrogens is 3. The van der Waals surface area contributed by atoms with Crippen LogP contribution in [0.3, 0.4) is 0 Å². The second-order valence-electron chi connectivity index (χ2n) is 4.76. The first-order valence-electron chi connectivity index (χ1n) is 6.52. The van der Waals surface area contributed by atoms with Crippen LogP contribution in [0.15, 0.2) is 30.7 Å². The van der Waals surface area contributed by atoms with Crippen LogP contribution in [0.25, 0.3) is 0 Å². The number of nitrogens with zero attached hydrogens (tertiary/aromatic N) is 4.